The van der Waals surface area contributed by atoms with E-state index in [1.807, 2.05) is 24.3 Å². The summed E-state index contributed by atoms with van der Waals surface area (Å²) in [6, 6.07) is 10.2. The second-order valence-electron chi connectivity index (χ2n) is 5.60. The van der Waals surface area contributed by atoms with Gasteiger partial charge in [0.25, 0.3) is 5.91 Å². The van der Waals surface area contributed by atoms with Gasteiger partial charge in [0.05, 0.1) is 4.91 Å². The highest BCUT2D eigenvalue weighted by molar-refractivity contribution is 8.26. The van der Waals surface area contributed by atoms with Crippen LogP contribution in [-0.2, 0) is 4.79 Å². The molecule has 122 valence electrons. The fourth-order valence-corrected chi connectivity index (χ4v) is 4.02. The van der Waals surface area contributed by atoms with Gasteiger partial charge >= 0.3 is 0 Å². The largest absolute Gasteiger partial charge is 0.320 e. The van der Waals surface area contributed by atoms with Crippen LogP contribution < -0.4 is 0 Å². The lowest BCUT2D eigenvalue weighted by Crippen LogP contribution is -2.27. The number of carbonyl (C=O) groups excluding carboxylic acids is 1. The normalized spacial score (nSPS) is 16.2. The first kappa shape index (κ1) is 16.7. The minimum Gasteiger partial charge on any atom is -0.320 e. The molecular weight excluding hydrogens is 336 g/mol. The van der Waals surface area contributed by atoms with Gasteiger partial charge in [0.2, 0.25) is 0 Å². The minimum atomic E-state index is -0.0452. The lowest BCUT2D eigenvalue weighted by atomic mass is 10.1. The Morgan fingerprint density at radius 1 is 1.25 bits per heavy atom. The molecule has 0 radical (unpaired) electrons. The highest BCUT2D eigenvalue weighted by Crippen LogP contribution is 2.34. The molecule has 1 aromatic heterocycles. The summed E-state index contributed by atoms with van der Waals surface area (Å²) in [5.41, 5.74) is 4.41. The topological polar surface area (TPSA) is 25.2 Å². The zero-order valence-corrected chi connectivity index (χ0v) is 15.3. The predicted octanol–water partition coefficient (Wildman–Crippen LogP) is 4.48. The molecule has 0 aliphatic carbocycles. The molecule has 1 aliphatic heterocycles. The third kappa shape index (κ3) is 2.97. The quantitative estimate of drug-likeness (QED) is 0.460. The van der Waals surface area contributed by atoms with E-state index in [0.29, 0.717) is 15.8 Å². The number of hydrogen-bond donors (Lipinski definition) is 0. The van der Waals surface area contributed by atoms with Crippen molar-refractivity contribution in [3.8, 4) is 5.69 Å². The third-order valence-electron chi connectivity index (χ3n) is 3.99. The summed E-state index contributed by atoms with van der Waals surface area (Å²) in [6.07, 6.45) is 5.74. The average Bonchev–Trinajstić information content (AvgIpc) is 3.01. The molecule has 2 aromatic rings. The molecule has 1 amide bonds. The molecule has 24 heavy (non-hydrogen) atoms. The summed E-state index contributed by atoms with van der Waals surface area (Å²) >= 11 is 6.65. The first-order valence-corrected chi connectivity index (χ1v) is 8.85. The number of para-hydroxylation sites is 1. The van der Waals surface area contributed by atoms with Crippen LogP contribution in [-0.4, -0.2) is 26.2 Å². The van der Waals surface area contributed by atoms with Crippen molar-refractivity contribution in [2.24, 2.45) is 0 Å². The van der Waals surface area contributed by atoms with Gasteiger partial charge in [-0.2, -0.15) is 0 Å². The molecule has 5 heteroatoms. The van der Waals surface area contributed by atoms with E-state index in [4.69, 9.17) is 12.2 Å². The molecule has 2 heterocycles. The van der Waals surface area contributed by atoms with Crippen LogP contribution in [0.1, 0.15) is 16.8 Å². The van der Waals surface area contributed by atoms with Crippen LogP contribution in [0.2, 0.25) is 0 Å². The number of hydrogen-bond acceptors (Lipinski definition) is 3. The fraction of sp³-hybridized carbons (Fsp3) is 0.158. The van der Waals surface area contributed by atoms with Gasteiger partial charge in [0.1, 0.15) is 4.32 Å². The van der Waals surface area contributed by atoms with Crippen LogP contribution in [0.15, 0.2) is 54.1 Å². The van der Waals surface area contributed by atoms with E-state index in [1.165, 1.54) is 11.8 Å². The van der Waals surface area contributed by atoms with Gasteiger partial charge in [-0.1, -0.05) is 48.3 Å². The molecule has 3 nitrogen and oxygen atoms in total. The Kier molecular flexibility index (Phi) is 4.73. The van der Waals surface area contributed by atoms with Crippen LogP contribution in [0.4, 0.5) is 0 Å². The highest BCUT2D eigenvalue weighted by atomic mass is 32.2. The number of aromatic nitrogens is 1. The van der Waals surface area contributed by atoms with Gasteiger partial charge in [-0.05, 0) is 43.2 Å². The molecule has 1 aliphatic rings. The van der Waals surface area contributed by atoms with Crippen molar-refractivity contribution in [1.29, 1.82) is 0 Å². The Hall–Kier alpha value is -2.11. The summed E-state index contributed by atoms with van der Waals surface area (Å²) in [4.78, 5) is 14.8. The van der Waals surface area contributed by atoms with E-state index in [1.54, 1.807) is 11.0 Å². The molecule has 0 atom stereocenters. The Labute approximate surface area is 151 Å². The monoisotopic (exact) mass is 354 g/mol. The van der Waals surface area contributed by atoms with Crippen LogP contribution in [0.5, 0.6) is 0 Å². The minimum absolute atomic E-state index is 0.0452. The number of aryl methyl sites for hydroxylation is 1. The molecule has 0 saturated carbocycles. The number of carbonyl (C=O) groups is 1. The highest BCUT2D eigenvalue weighted by Gasteiger charge is 2.31. The molecule has 0 spiro atoms. The van der Waals surface area contributed by atoms with Crippen molar-refractivity contribution in [2.45, 2.75) is 13.8 Å². The van der Waals surface area contributed by atoms with Gasteiger partial charge in [0, 0.05) is 24.1 Å². The average molecular weight is 355 g/mol. The van der Waals surface area contributed by atoms with Gasteiger partial charge in [-0.15, -0.1) is 6.58 Å². The lowest BCUT2D eigenvalue weighted by Gasteiger charge is -2.10. The Morgan fingerprint density at radius 2 is 1.96 bits per heavy atom. The Morgan fingerprint density at radius 3 is 2.62 bits per heavy atom. The third-order valence-corrected chi connectivity index (χ3v) is 5.37. The first-order valence-electron chi connectivity index (χ1n) is 7.63. The number of amides is 1. The van der Waals surface area contributed by atoms with Crippen LogP contribution >= 0.6 is 24.0 Å². The van der Waals surface area contributed by atoms with Crippen molar-refractivity contribution >= 4 is 40.3 Å². The van der Waals surface area contributed by atoms with Gasteiger partial charge < -0.3 is 4.57 Å². The standard InChI is InChI=1S/C19H18N2OS2/c1-4-10-20-18(22)17(24-19(20)23)11-16-13(2)12-21(14(16)3)15-8-6-5-7-9-15/h4-9,11-12H,1,10H2,2-3H3. The Balaban J connectivity index is 2.00. The summed E-state index contributed by atoms with van der Waals surface area (Å²) in [7, 11) is 0. The fourth-order valence-electron chi connectivity index (χ4n) is 2.77. The van der Waals surface area contributed by atoms with Crippen LogP contribution in [0.25, 0.3) is 11.8 Å². The zero-order chi connectivity index (χ0) is 17.3. The SMILES string of the molecule is C=CCN1C(=O)C(=Cc2c(C)cn(-c3ccccc3)c2C)SC1=S. The van der Waals surface area contributed by atoms with Crippen molar-refractivity contribution in [1.82, 2.24) is 9.47 Å². The van der Waals surface area contributed by atoms with E-state index >= 15 is 0 Å². The molecule has 0 unspecified atom stereocenters. The van der Waals surface area contributed by atoms with Gasteiger partial charge in [-0.25, -0.2) is 0 Å². The molecule has 0 N–H and O–H groups in total. The lowest BCUT2D eigenvalue weighted by molar-refractivity contribution is -0.121. The van der Waals surface area contributed by atoms with Crippen LogP contribution in [0, 0.1) is 13.8 Å². The molecule has 3 rings (SSSR count). The van der Waals surface area contributed by atoms with Gasteiger partial charge in [-0.3, -0.25) is 9.69 Å². The van der Waals surface area contributed by atoms with E-state index < -0.39 is 0 Å². The maximum Gasteiger partial charge on any atom is 0.266 e. The number of rotatable bonds is 4. The molecular formula is C19H18N2OS2. The maximum absolute atomic E-state index is 12.5. The van der Waals surface area contributed by atoms with Crippen molar-refractivity contribution in [2.75, 3.05) is 6.54 Å². The van der Waals surface area contributed by atoms with Crippen molar-refractivity contribution in [3.05, 3.63) is 70.9 Å². The van der Waals surface area contributed by atoms with E-state index in [0.717, 1.165) is 22.5 Å². The number of thioether (sulfide) groups is 1. The Bertz CT molecular complexity index is 850. The predicted molar refractivity (Wildman–Crippen MR) is 105 cm³/mol. The molecule has 1 aromatic carbocycles. The summed E-state index contributed by atoms with van der Waals surface area (Å²) in [5.74, 6) is -0.0452. The second kappa shape index (κ2) is 6.79. The van der Waals surface area contributed by atoms with Crippen molar-refractivity contribution in [3.63, 3.8) is 0 Å². The number of nitrogens with zero attached hydrogens (tertiary/aromatic N) is 2. The second-order valence-corrected chi connectivity index (χ2v) is 7.27. The van der Waals surface area contributed by atoms with Crippen molar-refractivity contribution < 1.29 is 4.79 Å². The van der Waals surface area contributed by atoms with E-state index in [9.17, 15) is 4.79 Å². The van der Waals surface area contributed by atoms with Gasteiger partial charge in [0.15, 0.2) is 0 Å². The zero-order valence-electron chi connectivity index (χ0n) is 13.7. The summed E-state index contributed by atoms with van der Waals surface area (Å²) < 4.78 is 2.73. The number of thiocarbonyl (C=S) groups is 1. The molecule has 1 saturated heterocycles. The summed E-state index contributed by atoms with van der Waals surface area (Å²) in [6.45, 7) is 8.26. The smallest absolute Gasteiger partial charge is 0.266 e. The van der Waals surface area contributed by atoms with E-state index in [-0.39, 0.29) is 5.91 Å². The maximum atomic E-state index is 12.5. The van der Waals surface area contributed by atoms with Crippen LogP contribution in [0.3, 0.4) is 0 Å². The molecule has 1 fully saturated rings. The molecule has 0 bridgehead atoms. The first-order chi connectivity index (χ1) is 11.5. The summed E-state index contributed by atoms with van der Waals surface area (Å²) in [5, 5.41) is 0. The number of benzene rings is 1. The van der Waals surface area contributed by atoms with E-state index in [2.05, 4.69) is 43.3 Å².